The summed E-state index contributed by atoms with van der Waals surface area (Å²) in [5.74, 6) is -1.29. The van der Waals surface area contributed by atoms with Crippen molar-refractivity contribution in [1.29, 1.82) is 0 Å². The van der Waals surface area contributed by atoms with E-state index in [4.69, 9.17) is 14.2 Å². The molecule has 0 bridgehead atoms. The molecule has 1 N–H and O–H groups in total. The second-order valence-electron chi connectivity index (χ2n) is 7.78. The molecule has 1 saturated heterocycles. The molecular weight excluding hydrogens is 429 g/mol. The summed E-state index contributed by atoms with van der Waals surface area (Å²) in [5.41, 5.74) is -0.598. The number of benzene rings is 1. The smallest absolute Gasteiger partial charge is 0.415 e. The molecule has 4 rings (SSSR count). The lowest BCUT2D eigenvalue weighted by Crippen LogP contribution is -2.38. The maximum absolute atomic E-state index is 14.6. The number of nitrogens with zero attached hydrogens (tertiary/aromatic N) is 4. The van der Waals surface area contributed by atoms with Gasteiger partial charge >= 0.3 is 17.9 Å². The monoisotopic (exact) mass is 449 g/mol. The van der Waals surface area contributed by atoms with Crippen molar-refractivity contribution in [1.82, 2.24) is 14.9 Å². The predicted octanol–water partition coefficient (Wildman–Crippen LogP) is 1.62. The average Bonchev–Trinajstić information content (AvgIpc) is 3.36. The number of aromatic nitrogens is 2. The number of imidazole rings is 1. The molecule has 0 aliphatic carbocycles. The van der Waals surface area contributed by atoms with E-state index in [0.29, 0.717) is 5.69 Å². The average molecular weight is 449 g/mol. The van der Waals surface area contributed by atoms with E-state index in [-0.39, 0.29) is 49.7 Å². The third kappa shape index (κ3) is 4.26. The summed E-state index contributed by atoms with van der Waals surface area (Å²) >= 11 is 0. The van der Waals surface area contributed by atoms with E-state index in [9.17, 15) is 24.1 Å². The number of halogens is 1. The molecule has 13 heteroatoms. The fourth-order valence-corrected chi connectivity index (χ4v) is 3.46. The number of hydrogen-bond acceptors (Lipinski definition) is 8. The van der Waals surface area contributed by atoms with E-state index < -0.39 is 28.5 Å². The molecule has 170 valence electrons. The Balaban J connectivity index is 1.37. The van der Waals surface area contributed by atoms with Gasteiger partial charge in [0.15, 0.2) is 17.2 Å². The SMILES string of the molecule is CC(=O)NCC1CN(c2ccc(OCC3(C)Cn4cc([N+](=O)[O-])nc4O3)c(F)c2)C(=O)O1. The second kappa shape index (κ2) is 7.98. The van der Waals surface area contributed by atoms with E-state index in [1.807, 2.05) is 0 Å². The van der Waals surface area contributed by atoms with Crippen LogP contribution in [0.25, 0.3) is 0 Å². The molecule has 0 saturated carbocycles. The van der Waals surface area contributed by atoms with Gasteiger partial charge in [0.05, 0.1) is 25.3 Å². The summed E-state index contributed by atoms with van der Waals surface area (Å²) in [6.45, 7) is 3.62. The van der Waals surface area contributed by atoms with Gasteiger partial charge in [0.25, 0.3) is 0 Å². The Morgan fingerprint density at radius 3 is 2.94 bits per heavy atom. The Hall–Kier alpha value is -3.90. The minimum Gasteiger partial charge on any atom is -0.486 e. The standard InChI is InChI=1S/C19H20FN5O7/c1-11(26)21-6-13-7-24(18(27)31-13)12-3-4-15(14(20)5-12)30-10-19(2)9-23-8-16(25(28)29)22-17(23)32-19/h3-5,8,13H,6-7,9-10H2,1-2H3,(H,21,26). The van der Waals surface area contributed by atoms with Gasteiger partial charge in [0.1, 0.15) is 18.9 Å². The molecular formula is C19H20FN5O7. The minimum absolute atomic E-state index is 0.0367. The third-order valence-electron chi connectivity index (χ3n) is 4.97. The first-order chi connectivity index (χ1) is 15.1. The number of ether oxygens (including phenoxy) is 3. The summed E-state index contributed by atoms with van der Waals surface area (Å²) in [7, 11) is 0. The number of cyclic esters (lactones) is 1. The van der Waals surface area contributed by atoms with Crippen LogP contribution in [0.3, 0.4) is 0 Å². The van der Waals surface area contributed by atoms with Crippen LogP contribution in [0.1, 0.15) is 13.8 Å². The van der Waals surface area contributed by atoms with Crippen molar-refractivity contribution < 1.29 is 33.1 Å². The Labute approximate surface area is 181 Å². The lowest BCUT2D eigenvalue weighted by molar-refractivity contribution is -0.389. The van der Waals surface area contributed by atoms with Crippen LogP contribution in [-0.4, -0.2) is 57.9 Å². The molecule has 2 aliphatic heterocycles. The molecule has 1 aromatic heterocycles. The van der Waals surface area contributed by atoms with E-state index >= 15 is 0 Å². The number of hydrogen-bond donors (Lipinski definition) is 1. The van der Waals surface area contributed by atoms with Crippen LogP contribution in [0, 0.1) is 15.9 Å². The number of carbonyl (C=O) groups is 2. The predicted molar refractivity (Wildman–Crippen MR) is 106 cm³/mol. The number of carbonyl (C=O) groups excluding carboxylic acids is 2. The molecule has 12 nitrogen and oxygen atoms in total. The normalized spacial score (nSPS) is 21.7. The quantitative estimate of drug-likeness (QED) is 0.497. The lowest BCUT2D eigenvalue weighted by atomic mass is 10.1. The van der Waals surface area contributed by atoms with Crippen LogP contribution in [0.5, 0.6) is 11.8 Å². The lowest BCUT2D eigenvalue weighted by Gasteiger charge is -2.22. The van der Waals surface area contributed by atoms with Crippen molar-refractivity contribution in [3.63, 3.8) is 0 Å². The number of anilines is 1. The van der Waals surface area contributed by atoms with Crippen molar-refractivity contribution in [3.8, 4) is 11.8 Å². The Kier molecular flexibility index (Phi) is 5.32. The first-order valence-electron chi connectivity index (χ1n) is 9.69. The van der Waals surface area contributed by atoms with Gasteiger partial charge < -0.3 is 29.6 Å². The molecule has 0 spiro atoms. The van der Waals surface area contributed by atoms with Crippen LogP contribution in [-0.2, 0) is 16.1 Å². The molecule has 0 radical (unpaired) electrons. The minimum atomic E-state index is -0.891. The fourth-order valence-electron chi connectivity index (χ4n) is 3.46. The topological polar surface area (TPSA) is 138 Å². The molecule has 2 unspecified atom stereocenters. The molecule has 2 amide bonds. The van der Waals surface area contributed by atoms with Crippen molar-refractivity contribution in [3.05, 3.63) is 40.3 Å². The first kappa shape index (κ1) is 21.3. The fraction of sp³-hybridized carbons (Fsp3) is 0.421. The zero-order chi connectivity index (χ0) is 23.0. The van der Waals surface area contributed by atoms with Crippen LogP contribution in [0.15, 0.2) is 24.4 Å². The zero-order valence-corrected chi connectivity index (χ0v) is 17.2. The van der Waals surface area contributed by atoms with Crippen molar-refractivity contribution >= 4 is 23.5 Å². The molecule has 2 aliphatic rings. The molecule has 1 aromatic carbocycles. The third-order valence-corrected chi connectivity index (χ3v) is 4.97. The van der Waals surface area contributed by atoms with E-state index in [1.165, 1.54) is 34.7 Å². The number of amides is 2. The van der Waals surface area contributed by atoms with Gasteiger partial charge in [0.2, 0.25) is 5.91 Å². The highest BCUT2D eigenvalue weighted by molar-refractivity contribution is 5.89. The van der Waals surface area contributed by atoms with Crippen LogP contribution in [0.4, 0.5) is 20.7 Å². The maximum Gasteiger partial charge on any atom is 0.415 e. The van der Waals surface area contributed by atoms with E-state index in [2.05, 4.69) is 10.3 Å². The van der Waals surface area contributed by atoms with Crippen LogP contribution in [0.2, 0.25) is 0 Å². The summed E-state index contributed by atoms with van der Waals surface area (Å²) in [6.07, 6.45) is 0.0977. The van der Waals surface area contributed by atoms with Gasteiger partial charge in [0, 0.05) is 18.0 Å². The molecule has 3 heterocycles. The van der Waals surface area contributed by atoms with Crippen molar-refractivity contribution in [2.45, 2.75) is 32.1 Å². The summed E-state index contributed by atoms with van der Waals surface area (Å²) < 4.78 is 32.5. The van der Waals surface area contributed by atoms with E-state index in [0.717, 1.165) is 6.07 Å². The second-order valence-corrected chi connectivity index (χ2v) is 7.78. The summed E-state index contributed by atoms with van der Waals surface area (Å²) in [5, 5.41) is 13.4. The summed E-state index contributed by atoms with van der Waals surface area (Å²) in [4.78, 5) is 38.3. The van der Waals surface area contributed by atoms with E-state index in [1.54, 1.807) is 6.92 Å². The first-order valence-corrected chi connectivity index (χ1v) is 9.69. The molecule has 32 heavy (non-hydrogen) atoms. The van der Waals surface area contributed by atoms with Gasteiger partial charge in [-0.05, 0) is 24.0 Å². The summed E-state index contributed by atoms with van der Waals surface area (Å²) in [6, 6.07) is 4.16. The highest BCUT2D eigenvalue weighted by Gasteiger charge is 2.41. The van der Waals surface area contributed by atoms with Crippen molar-refractivity contribution in [2.75, 3.05) is 24.6 Å². The Morgan fingerprint density at radius 1 is 1.50 bits per heavy atom. The van der Waals surface area contributed by atoms with Gasteiger partial charge in [-0.15, -0.1) is 0 Å². The van der Waals surface area contributed by atoms with Gasteiger partial charge in [-0.1, -0.05) is 0 Å². The Bertz CT molecular complexity index is 1060. The molecule has 2 aromatic rings. The highest BCUT2D eigenvalue weighted by atomic mass is 19.1. The van der Waals surface area contributed by atoms with Crippen LogP contribution < -0.4 is 19.7 Å². The van der Waals surface area contributed by atoms with Gasteiger partial charge in [-0.25, -0.2) is 9.18 Å². The Morgan fingerprint density at radius 2 is 2.28 bits per heavy atom. The molecule has 2 atom stereocenters. The maximum atomic E-state index is 14.6. The largest absolute Gasteiger partial charge is 0.486 e. The number of nitro groups is 1. The zero-order valence-electron chi connectivity index (χ0n) is 17.2. The number of rotatable bonds is 7. The van der Waals surface area contributed by atoms with Gasteiger partial charge in [-0.3, -0.25) is 14.3 Å². The van der Waals surface area contributed by atoms with Crippen molar-refractivity contribution in [2.24, 2.45) is 0 Å². The highest BCUT2D eigenvalue weighted by Crippen LogP contribution is 2.32. The number of nitrogens with one attached hydrogen (secondary N) is 1. The number of fused-ring (bicyclic) bond motifs is 1. The van der Waals surface area contributed by atoms with Gasteiger partial charge in [-0.2, -0.15) is 0 Å². The molecule has 1 fully saturated rings. The van der Waals surface area contributed by atoms with Crippen LogP contribution >= 0.6 is 0 Å².